The van der Waals surface area contributed by atoms with E-state index in [4.69, 9.17) is 9.72 Å². The molecule has 48 heavy (non-hydrogen) atoms. The summed E-state index contributed by atoms with van der Waals surface area (Å²) in [6.07, 6.45) is 3.04. The first-order valence-corrected chi connectivity index (χ1v) is 17.0. The zero-order valence-electron chi connectivity index (χ0n) is 27.1. The van der Waals surface area contributed by atoms with Crippen LogP contribution in [0.25, 0.3) is 11.0 Å². The van der Waals surface area contributed by atoms with Crippen molar-refractivity contribution in [3.05, 3.63) is 76.5 Å². The average Bonchev–Trinajstić information content (AvgIpc) is 3.10. The molecule has 1 aromatic carbocycles. The smallest absolute Gasteiger partial charge is 0.298 e. The molecular weight excluding hydrogens is 634 g/mol. The number of hydrogen-bond acceptors (Lipinski definition) is 11. The van der Waals surface area contributed by atoms with Crippen molar-refractivity contribution in [1.29, 1.82) is 0 Å². The number of nitrogens with zero attached hydrogens (tertiary/aromatic N) is 8. The lowest BCUT2D eigenvalue weighted by atomic mass is 10.2. The molecule has 0 atom stereocenters. The molecule has 0 aliphatic carbocycles. The van der Waals surface area contributed by atoms with Crippen molar-refractivity contribution in [3.8, 4) is 11.8 Å². The highest BCUT2D eigenvalue weighted by Crippen LogP contribution is 2.24. The van der Waals surface area contributed by atoms with E-state index in [-0.39, 0.29) is 60.6 Å². The van der Waals surface area contributed by atoms with Crippen LogP contribution in [0, 0.1) is 11.8 Å². The summed E-state index contributed by atoms with van der Waals surface area (Å²) in [7, 11) is 1.31. The first kappa shape index (κ1) is 33.0. The lowest BCUT2D eigenvalue weighted by Crippen LogP contribution is -2.44. The highest BCUT2D eigenvalue weighted by Gasteiger charge is 2.29. The Balaban J connectivity index is 1.38. The fourth-order valence-corrected chi connectivity index (χ4v) is 7.06. The number of fused-ring (bicyclic) bond motifs is 1. The summed E-state index contributed by atoms with van der Waals surface area (Å²) in [4.78, 5) is 45.7. The summed E-state index contributed by atoms with van der Waals surface area (Å²) in [5.41, 5.74) is 1.78. The topological polar surface area (TPSA) is 146 Å². The maximum absolute atomic E-state index is 14.0. The van der Waals surface area contributed by atoms with Crippen LogP contribution in [0.2, 0.25) is 0 Å². The van der Waals surface area contributed by atoms with Gasteiger partial charge in [-0.15, -0.1) is 0 Å². The summed E-state index contributed by atoms with van der Waals surface area (Å²) in [6, 6.07) is 12.5. The van der Waals surface area contributed by atoms with Crippen molar-refractivity contribution in [3.63, 3.8) is 0 Å². The molecule has 6 rings (SSSR count). The first-order chi connectivity index (χ1) is 23.1. The van der Waals surface area contributed by atoms with Crippen LogP contribution in [-0.2, 0) is 26.1 Å². The predicted molar refractivity (Wildman–Crippen MR) is 182 cm³/mol. The molecule has 0 spiro atoms. The normalized spacial score (nSPS) is 15.9. The van der Waals surface area contributed by atoms with Gasteiger partial charge in [0.15, 0.2) is 0 Å². The predicted octanol–water partition coefficient (Wildman–Crippen LogP) is 1.19. The Kier molecular flexibility index (Phi) is 9.69. The van der Waals surface area contributed by atoms with Gasteiger partial charge in [-0.3, -0.25) is 19.1 Å². The number of carbonyl (C=O) groups is 1. The number of carbonyl (C=O) groups excluding carboxylic acids is 1. The van der Waals surface area contributed by atoms with Crippen LogP contribution in [0.15, 0.2) is 64.5 Å². The number of pyridine rings is 2. The fourth-order valence-electron chi connectivity index (χ4n) is 5.49. The number of sulfonamides is 1. The van der Waals surface area contributed by atoms with Crippen LogP contribution in [0.3, 0.4) is 0 Å². The first-order valence-electron chi connectivity index (χ1n) is 15.6. The minimum Gasteiger partial charge on any atom is -0.379 e. The van der Waals surface area contributed by atoms with E-state index in [1.807, 2.05) is 24.3 Å². The minimum absolute atomic E-state index is 0.0148. The van der Waals surface area contributed by atoms with Crippen LogP contribution in [0.5, 0.6) is 0 Å². The molecule has 1 amide bonds. The van der Waals surface area contributed by atoms with Gasteiger partial charge in [0.2, 0.25) is 16.0 Å². The quantitative estimate of drug-likeness (QED) is 0.283. The lowest BCUT2D eigenvalue weighted by Gasteiger charge is -2.34. The molecule has 0 bridgehead atoms. The number of morpholine rings is 1. The molecule has 1 N–H and O–H groups in total. The maximum atomic E-state index is 14.0. The second-order valence-electron chi connectivity index (χ2n) is 11.8. The van der Waals surface area contributed by atoms with Gasteiger partial charge in [0.05, 0.1) is 31.0 Å². The highest BCUT2D eigenvalue weighted by molar-refractivity contribution is 7.89. The molecule has 2 saturated heterocycles. The molecular formula is C33H37N9O5S. The standard InChI is InChI=1S/C33H37N9O5S/c1-38(2)30(43)11-6-24-21-25-22-35-33(36-26-7-9-27(10-8-26)40-15-13-39(3)14-16-40)37-31(25)42(32(24)44)23-28-29(5-4-12-34-28)48(45,46)41-17-19-47-20-18-41/h4-5,7-10,12,21-22H,13-20,23H2,1-3H3,(H,35,36,37). The number of hydrogen-bond donors (Lipinski definition) is 1. The van der Waals surface area contributed by atoms with Crippen molar-refractivity contribution in [2.24, 2.45) is 0 Å². The third-order valence-corrected chi connectivity index (χ3v) is 10.2. The lowest BCUT2D eigenvalue weighted by molar-refractivity contribution is -0.122. The third-order valence-electron chi connectivity index (χ3n) is 8.27. The maximum Gasteiger partial charge on any atom is 0.298 e. The fraction of sp³-hybridized carbons (Fsp3) is 0.364. The second-order valence-corrected chi connectivity index (χ2v) is 13.7. The van der Waals surface area contributed by atoms with E-state index in [0.717, 1.165) is 37.6 Å². The molecule has 14 nitrogen and oxygen atoms in total. The van der Waals surface area contributed by atoms with Crippen molar-refractivity contribution in [1.82, 2.24) is 33.6 Å². The summed E-state index contributed by atoms with van der Waals surface area (Å²) >= 11 is 0. The van der Waals surface area contributed by atoms with Crippen LogP contribution < -0.4 is 15.8 Å². The number of benzene rings is 1. The van der Waals surface area contributed by atoms with E-state index in [1.165, 1.54) is 32.1 Å². The van der Waals surface area contributed by atoms with Crippen LogP contribution in [-0.4, -0.2) is 122 Å². The van der Waals surface area contributed by atoms with E-state index >= 15 is 0 Å². The second kappa shape index (κ2) is 14.1. The molecule has 0 radical (unpaired) electrons. The van der Waals surface area contributed by atoms with Crippen molar-refractivity contribution in [2.45, 2.75) is 11.4 Å². The Bertz CT molecular complexity index is 2040. The Labute approximate surface area is 279 Å². The Hall–Kier alpha value is -4.88. The molecule has 2 aliphatic heterocycles. The Morgan fingerprint density at radius 1 is 1.02 bits per heavy atom. The van der Waals surface area contributed by atoms with Gasteiger partial charge in [0.25, 0.3) is 11.5 Å². The molecule has 250 valence electrons. The van der Waals surface area contributed by atoms with Crippen LogP contribution >= 0.6 is 0 Å². The van der Waals surface area contributed by atoms with Crippen molar-refractivity contribution in [2.75, 3.05) is 83.8 Å². The molecule has 15 heteroatoms. The van der Waals surface area contributed by atoms with E-state index < -0.39 is 21.5 Å². The van der Waals surface area contributed by atoms with Crippen LogP contribution in [0.1, 0.15) is 11.3 Å². The van der Waals surface area contributed by atoms with E-state index in [0.29, 0.717) is 5.39 Å². The number of likely N-dealkylation sites (N-methyl/N-ethyl adjacent to an activating group) is 1. The van der Waals surface area contributed by atoms with Gasteiger partial charge in [0, 0.05) is 88.4 Å². The zero-order valence-corrected chi connectivity index (χ0v) is 27.9. The molecule has 2 aliphatic rings. The van der Waals surface area contributed by atoms with Gasteiger partial charge in [-0.05, 0) is 49.5 Å². The van der Waals surface area contributed by atoms with Gasteiger partial charge >= 0.3 is 0 Å². The monoisotopic (exact) mass is 671 g/mol. The summed E-state index contributed by atoms with van der Waals surface area (Å²) in [6.45, 7) is 4.70. The molecule has 4 aromatic rings. The number of piperazine rings is 1. The van der Waals surface area contributed by atoms with E-state index in [2.05, 4.69) is 44.0 Å². The Morgan fingerprint density at radius 2 is 1.75 bits per heavy atom. The van der Waals surface area contributed by atoms with Gasteiger partial charge in [-0.2, -0.15) is 9.29 Å². The Morgan fingerprint density at radius 3 is 2.46 bits per heavy atom. The van der Waals surface area contributed by atoms with Gasteiger partial charge in [0.1, 0.15) is 10.5 Å². The number of nitrogens with one attached hydrogen (secondary N) is 1. The van der Waals surface area contributed by atoms with Crippen molar-refractivity contribution >= 4 is 44.3 Å². The van der Waals surface area contributed by atoms with E-state index in [1.54, 1.807) is 26.4 Å². The average molecular weight is 672 g/mol. The van der Waals surface area contributed by atoms with Crippen LogP contribution in [0.4, 0.5) is 17.3 Å². The summed E-state index contributed by atoms with van der Waals surface area (Å²) < 4.78 is 35.4. The minimum atomic E-state index is -3.94. The van der Waals surface area contributed by atoms with Gasteiger partial charge < -0.3 is 24.8 Å². The van der Waals surface area contributed by atoms with Crippen molar-refractivity contribution < 1.29 is 17.9 Å². The molecule has 0 saturated carbocycles. The number of amides is 1. The number of ether oxygens (including phenoxy) is 1. The summed E-state index contributed by atoms with van der Waals surface area (Å²) in [5, 5.41) is 3.69. The highest BCUT2D eigenvalue weighted by atomic mass is 32.2. The third kappa shape index (κ3) is 7.16. The number of anilines is 3. The zero-order chi connectivity index (χ0) is 33.8. The largest absolute Gasteiger partial charge is 0.379 e. The van der Waals surface area contributed by atoms with Gasteiger partial charge in [-0.1, -0.05) is 5.92 Å². The molecule has 2 fully saturated rings. The molecule has 3 aromatic heterocycles. The van der Waals surface area contributed by atoms with E-state index in [9.17, 15) is 18.0 Å². The molecule has 5 heterocycles. The van der Waals surface area contributed by atoms with Gasteiger partial charge in [-0.25, -0.2) is 13.4 Å². The SMILES string of the molecule is CN1CCN(c2ccc(Nc3ncc4cc(C#CC(=O)N(C)C)c(=O)n(Cc5ncccc5S(=O)(=O)N5CCOCC5)c4n3)cc2)CC1. The number of rotatable bonds is 7. The summed E-state index contributed by atoms with van der Waals surface area (Å²) in [5.74, 6) is 4.94. The number of aromatic nitrogens is 4. The molecule has 0 unspecified atom stereocenters.